The van der Waals surface area contributed by atoms with Crippen LogP contribution in [0.1, 0.15) is 67.3 Å². The maximum atomic E-state index is 13.3. The third kappa shape index (κ3) is 6.90. The van der Waals surface area contributed by atoms with Gasteiger partial charge in [-0.05, 0) is 80.3 Å². The highest BCUT2D eigenvalue weighted by atomic mass is 19.3. The second-order valence-electron chi connectivity index (χ2n) is 9.55. The van der Waals surface area contributed by atoms with Crippen LogP contribution in [0.4, 0.5) is 14.7 Å². The van der Waals surface area contributed by atoms with E-state index >= 15 is 0 Å². The molecule has 1 amide bonds. The number of carbonyl (C=O) groups is 1. The summed E-state index contributed by atoms with van der Waals surface area (Å²) < 4.78 is 42.6. The van der Waals surface area contributed by atoms with Crippen molar-refractivity contribution in [1.82, 2.24) is 15.5 Å². The first kappa shape index (κ1) is 25.3. The molecule has 8 nitrogen and oxygen atoms in total. The fourth-order valence-electron chi connectivity index (χ4n) is 4.59. The number of amides is 1. The molecule has 10 heteroatoms. The number of anilines is 1. The van der Waals surface area contributed by atoms with Crippen LogP contribution in [0.15, 0.2) is 22.7 Å². The molecule has 0 unspecified atom stereocenters. The smallest absolute Gasteiger partial charge is 0.322 e. The van der Waals surface area contributed by atoms with E-state index in [-0.39, 0.29) is 17.9 Å². The highest BCUT2D eigenvalue weighted by Gasteiger charge is 2.33. The number of nitrogens with one attached hydrogen (secondary N) is 1. The predicted molar refractivity (Wildman–Crippen MR) is 126 cm³/mol. The van der Waals surface area contributed by atoms with Gasteiger partial charge in [0.2, 0.25) is 0 Å². The van der Waals surface area contributed by atoms with Crippen LogP contribution in [-0.2, 0) is 10.7 Å². The summed E-state index contributed by atoms with van der Waals surface area (Å²) in [4.78, 5) is 18.3. The second kappa shape index (κ2) is 11.3. The second-order valence-corrected chi connectivity index (χ2v) is 9.55. The van der Waals surface area contributed by atoms with Gasteiger partial charge >= 0.3 is 5.92 Å². The normalized spacial score (nSPS) is 18.0. The number of hydrogen-bond donors (Lipinski definition) is 1. The van der Waals surface area contributed by atoms with Gasteiger partial charge < -0.3 is 24.2 Å². The van der Waals surface area contributed by atoms with Crippen LogP contribution in [0, 0.1) is 12.8 Å². The third-order valence-electron chi connectivity index (χ3n) is 6.71. The molecule has 192 valence electrons. The molecule has 1 aromatic heterocycles. The standard InChI is InChI=1S/C25H34F2N4O4/c1-17-16-20(5-6-21(17)22(32)28-19-9-14-33-15-10-19)34-13-3-4-18-7-11-31(12-8-18)24-29-23(35-30-24)25(2,26)27/h5-6,16,18-19H,3-4,7-15H2,1-2H3,(H,28,32). The number of aryl methyl sites for hydroxylation is 1. The first-order valence-electron chi connectivity index (χ1n) is 12.4. The Morgan fingerprint density at radius 2 is 1.97 bits per heavy atom. The molecule has 2 aromatic rings. The zero-order chi connectivity index (χ0) is 24.8. The Bertz CT molecular complexity index is 980. The molecular formula is C25H34F2N4O4. The molecule has 3 heterocycles. The Hall–Kier alpha value is -2.75. The number of aromatic nitrogens is 2. The zero-order valence-electron chi connectivity index (χ0n) is 20.4. The quantitative estimate of drug-likeness (QED) is 0.517. The number of alkyl halides is 2. The van der Waals surface area contributed by atoms with Crippen molar-refractivity contribution >= 4 is 11.9 Å². The summed E-state index contributed by atoms with van der Waals surface area (Å²) in [5.41, 5.74) is 1.57. The molecule has 35 heavy (non-hydrogen) atoms. The van der Waals surface area contributed by atoms with E-state index in [9.17, 15) is 13.6 Å². The number of benzene rings is 1. The Kier molecular flexibility index (Phi) is 8.20. The van der Waals surface area contributed by atoms with Gasteiger partial charge in [-0.3, -0.25) is 4.79 Å². The van der Waals surface area contributed by atoms with E-state index in [0.717, 1.165) is 69.9 Å². The molecule has 0 aliphatic carbocycles. The average molecular weight is 493 g/mol. The summed E-state index contributed by atoms with van der Waals surface area (Å²) in [5, 5.41) is 6.80. The van der Waals surface area contributed by atoms with Gasteiger partial charge in [-0.1, -0.05) is 0 Å². The van der Waals surface area contributed by atoms with Gasteiger partial charge in [-0.25, -0.2) is 0 Å². The zero-order valence-corrected chi connectivity index (χ0v) is 20.4. The van der Waals surface area contributed by atoms with Gasteiger partial charge in [-0.15, -0.1) is 0 Å². The predicted octanol–water partition coefficient (Wildman–Crippen LogP) is 4.47. The minimum absolute atomic E-state index is 0.0484. The molecule has 2 aliphatic heterocycles. The summed E-state index contributed by atoms with van der Waals surface area (Å²) >= 11 is 0. The van der Waals surface area contributed by atoms with Gasteiger partial charge in [0, 0.05) is 44.8 Å². The van der Waals surface area contributed by atoms with Crippen molar-refractivity contribution in [2.75, 3.05) is 37.8 Å². The van der Waals surface area contributed by atoms with E-state index in [4.69, 9.17) is 14.0 Å². The lowest BCUT2D eigenvalue weighted by Crippen LogP contribution is -2.39. The Balaban J connectivity index is 1.16. The molecule has 1 aromatic carbocycles. The summed E-state index contributed by atoms with van der Waals surface area (Å²) in [6, 6.07) is 5.76. The Morgan fingerprint density at radius 3 is 2.63 bits per heavy atom. The highest BCUT2D eigenvalue weighted by Crippen LogP contribution is 2.29. The molecule has 0 bridgehead atoms. The van der Waals surface area contributed by atoms with Gasteiger partial charge in [0.15, 0.2) is 0 Å². The molecule has 2 aliphatic rings. The summed E-state index contributed by atoms with van der Waals surface area (Å²) in [5.74, 6) is -2.27. The number of ether oxygens (including phenoxy) is 2. The van der Waals surface area contributed by atoms with Crippen molar-refractivity contribution in [3.05, 3.63) is 35.2 Å². The minimum Gasteiger partial charge on any atom is -0.494 e. The first-order valence-corrected chi connectivity index (χ1v) is 12.4. The molecule has 0 saturated carbocycles. The van der Waals surface area contributed by atoms with Gasteiger partial charge in [-0.2, -0.15) is 13.8 Å². The monoisotopic (exact) mass is 492 g/mol. The van der Waals surface area contributed by atoms with Gasteiger partial charge in [0.05, 0.1) is 6.61 Å². The van der Waals surface area contributed by atoms with E-state index < -0.39 is 11.8 Å². The van der Waals surface area contributed by atoms with Crippen LogP contribution >= 0.6 is 0 Å². The number of piperidine rings is 1. The van der Waals surface area contributed by atoms with Gasteiger partial charge in [0.25, 0.3) is 17.7 Å². The summed E-state index contributed by atoms with van der Waals surface area (Å²) in [7, 11) is 0. The summed E-state index contributed by atoms with van der Waals surface area (Å²) in [6.45, 7) is 6.10. The third-order valence-corrected chi connectivity index (χ3v) is 6.71. The van der Waals surface area contributed by atoms with E-state index in [0.29, 0.717) is 31.3 Å². The maximum absolute atomic E-state index is 13.3. The van der Waals surface area contributed by atoms with Crippen molar-refractivity contribution in [3.8, 4) is 5.75 Å². The van der Waals surface area contributed by atoms with Crippen molar-refractivity contribution in [1.29, 1.82) is 0 Å². The molecule has 2 saturated heterocycles. The van der Waals surface area contributed by atoms with Crippen molar-refractivity contribution in [2.24, 2.45) is 5.92 Å². The topological polar surface area (TPSA) is 89.7 Å². The van der Waals surface area contributed by atoms with E-state index in [1.807, 2.05) is 30.0 Å². The number of hydrogen-bond acceptors (Lipinski definition) is 7. The van der Waals surface area contributed by atoms with Crippen LogP contribution < -0.4 is 15.0 Å². The lowest BCUT2D eigenvalue weighted by Gasteiger charge is -2.30. The van der Waals surface area contributed by atoms with Crippen molar-refractivity contribution in [2.45, 2.75) is 64.3 Å². The van der Waals surface area contributed by atoms with Crippen LogP contribution in [0.2, 0.25) is 0 Å². The van der Waals surface area contributed by atoms with Crippen LogP contribution in [0.5, 0.6) is 5.75 Å². The minimum atomic E-state index is -3.13. The molecule has 1 N–H and O–H groups in total. The van der Waals surface area contributed by atoms with Crippen LogP contribution in [-0.4, -0.2) is 55.0 Å². The van der Waals surface area contributed by atoms with E-state index in [1.54, 1.807) is 0 Å². The molecule has 0 spiro atoms. The number of carbonyl (C=O) groups excluding carboxylic acids is 1. The lowest BCUT2D eigenvalue weighted by molar-refractivity contribution is -0.0158. The van der Waals surface area contributed by atoms with Crippen LogP contribution in [0.3, 0.4) is 0 Å². The molecular weight excluding hydrogens is 458 g/mol. The fraction of sp³-hybridized carbons (Fsp3) is 0.640. The first-order chi connectivity index (χ1) is 16.8. The van der Waals surface area contributed by atoms with Gasteiger partial charge in [0.1, 0.15) is 5.75 Å². The Morgan fingerprint density at radius 1 is 1.23 bits per heavy atom. The SMILES string of the molecule is Cc1cc(OCCCC2CCN(c3noc(C(C)(F)F)n3)CC2)ccc1C(=O)NC1CCOCC1. The number of rotatable bonds is 9. The Labute approximate surface area is 204 Å². The molecule has 0 radical (unpaired) electrons. The number of nitrogens with zero attached hydrogens (tertiary/aromatic N) is 3. The van der Waals surface area contributed by atoms with Crippen molar-refractivity contribution < 1.29 is 27.6 Å². The lowest BCUT2D eigenvalue weighted by atomic mass is 9.92. The number of halogens is 2. The largest absolute Gasteiger partial charge is 0.494 e. The molecule has 2 fully saturated rings. The van der Waals surface area contributed by atoms with Crippen LogP contribution in [0.25, 0.3) is 0 Å². The fourth-order valence-corrected chi connectivity index (χ4v) is 4.59. The maximum Gasteiger partial charge on any atom is 0.322 e. The highest BCUT2D eigenvalue weighted by molar-refractivity contribution is 5.96. The molecule has 0 atom stereocenters. The average Bonchev–Trinajstić information content (AvgIpc) is 3.34. The summed E-state index contributed by atoms with van der Waals surface area (Å²) in [6.07, 6.45) is 5.54. The van der Waals surface area contributed by atoms with E-state index in [1.165, 1.54) is 0 Å². The van der Waals surface area contributed by atoms with E-state index in [2.05, 4.69) is 15.5 Å². The molecule has 4 rings (SSSR count). The van der Waals surface area contributed by atoms with Crippen molar-refractivity contribution in [3.63, 3.8) is 0 Å².